The Hall–Kier alpha value is -2.71. The first kappa shape index (κ1) is 23.9. The number of carbonyl (C=O) groups excluding carboxylic acids is 2. The molecule has 0 spiro atoms. The number of carboxylic acids is 1. The van der Waals surface area contributed by atoms with Crippen molar-refractivity contribution >= 4 is 58.1 Å². The number of carboxylic acid groups (broad SMARTS) is 1. The van der Waals surface area contributed by atoms with E-state index in [4.69, 9.17) is 5.11 Å². The van der Waals surface area contributed by atoms with E-state index in [2.05, 4.69) is 16.0 Å². The Bertz CT molecular complexity index is 1120. The molecule has 1 aliphatic rings. The molecule has 2 amide bonds. The Morgan fingerprint density at radius 2 is 1.56 bits per heavy atom. The molecule has 7 nitrogen and oxygen atoms in total. The van der Waals surface area contributed by atoms with Gasteiger partial charge in [0.2, 0.25) is 11.8 Å². The summed E-state index contributed by atoms with van der Waals surface area (Å²) >= 11 is 0. The standard InChI is InChI=1S/C24H23N3O4.Na.H/c28-22(25-14-15-6-2-1-3-7-15)19(26-23(29)20-21(27-20)24(30)31)13-16-10-11-17-8-4-5-9-18(17)12-16;;/h1-12,19-21,27H,13-14H2,(H,25,28)(H,26,29)(H,30,31);;/t19-,20-,21-;;/m0../s1. The van der Waals surface area contributed by atoms with E-state index in [1.165, 1.54) is 0 Å². The molecule has 0 radical (unpaired) electrons. The van der Waals surface area contributed by atoms with Gasteiger partial charge in [0.05, 0.1) is 0 Å². The van der Waals surface area contributed by atoms with Crippen molar-refractivity contribution in [3.8, 4) is 0 Å². The zero-order chi connectivity index (χ0) is 21.8. The van der Waals surface area contributed by atoms with Gasteiger partial charge in [0.25, 0.3) is 0 Å². The number of hydrogen-bond acceptors (Lipinski definition) is 4. The average Bonchev–Trinajstić information content (AvgIpc) is 3.59. The summed E-state index contributed by atoms with van der Waals surface area (Å²) in [4.78, 5) is 36.5. The van der Waals surface area contributed by atoms with Gasteiger partial charge in [0.1, 0.15) is 18.1 Å². The fraction of sp³-hybridized carbons (Fsp3) is 0.208. The molecule has 32 heavy (non-hydrogen) atoms. The summed E-state index contributed by atoms with van der Waals surface area (Å²) in [6.07, 6.45) is 0.293. The SMILES string of the molecule is O=C(NCc1ccccc1)[C@H](Cc1ccc2ccccc2c1)NC(=O)[C@H]1N[C@@H]1C(=O)O.[NaH]. The number of hydrogen-bond donors (Lipinski definition) is 4. The Morgan fingerprint density at radius 3 is 2.25 bits per heavy atom. The third kappa shape index (κ3) is 5.95. The molecule has 3 aromatic carbocycles. The van der Waals surface area contributed by atoms with Crippen LogP contribution in [0.3, 0.4) is 0 Å². The van der Waals surface area contributed by atoms with E-state index in [0.29, 0.717) is 13.0 Å². The molecular formula is C24H24N3NaO4. The maximum absolute atomic E-state index is 12.9. The molecule has 160 valence electrons. The van der Waals surface area contributed by atoms with Crippen molar-refractivity contribution in [3.05, 3.63) is 83.9 Å². The van der Waals surface area contributed by atoms with Crippen LogP contribution >= 0.6 is 0 Å². The summed E-state index contributed by atoms with van der Waals surface area (Å²) in [5, 5.41) is 19.4. The third-order valence-corrected chi connectivity index (χ3v) is 5.33. The number of carbonyl (C=O) groups is 3. The molecule has 4 N–H and O–H groups in total. The topological polar surface area (TPSA) is 117 Å². The number of nitrogens with one attached hydrogen (secondary N) is 3. The normalized spacial score (nSPS) is 17.6. The van der Waals surface area contributed by atoms with Crippen molar-refractivity contribution in [1.82, 2.24) is 16.0 Å². The number of benzene rings is 3. The molecule has 8 heteroatoms. The van der Waals surface area contributed by atoms with Gasteiger partial charge in [0.15, 0.2) is 0 Å². The first-order valence-corrected chi connectivity index (χ1v) is 10.1. The molecule has 0 unspecified atom stereocenters. The van der Waals surface area contributed by atoms with Gasteiger partial charge >= 0.3 is 35.5 Å². The summed E-state index contributed by atoms with van der Waals surface area (Å²) in [6.45, 7) is 0.337. The summed E-state index contributed by atoms with van der Waals surface area (Å²) in [7, 11) is 0. The van der Waals surface area contributed by atoms with Crippen molar-refractivity contribution in [2.75, 3.05) is 0 Å². The van der Waals surface area contributed by atoms with Crippen LogP contribution in [0.15, 0.2) is 72.8 Å². The van der Waals surface area contributed by atoms with Crippen LogP contribution in [0, 0.1) is 0 Å². The predicted octanol–water partition coefficient (Wildman–Crippen LogP) is 0.960. The van der Waals surface area contributed by atoms with Crippen LogP contribution in [-0.4, -0.2) is 70.6 Å². The molecule has 1 fully saturated rings. The molecule has 1 heterocycles. The van der Waals surface area contributed by atoms with Crippen molar-refractivity contribution in [2.24, 2.45) is 0 Å². The van der Waals surface area contributed by atoms with Gasteiger partial charge in [-0.2, -0.15) is 0 Å². The first-order valence-electron chi connectivity index (χ1n) is 10.1. The Morgan fingerprint density at radius 1 is 0.875 bits per heavy atom. The molecule has 0 aromatic heterocycles. The average molecular weight is 441 g/mol. The molecule has 3 aromatic rings. The minimum atomic E-state index is -1.08. The minimum absolute atomic E-state index is 0. The summed E-state index contributed by atoms with van der Waals surface area (Å²) < 4.78 is 0. The maximum atomic E-state index is 12.9. The molecule has 0 saturated carbocycles. The van der Waals surface area contributed by atoms with E-state index in [0.717, 1.165) is 21.9 Å². The van der Waals surface area contributed by atoms with E-state index < -0.39 is 30.0 Å². The van der Waals surface area contributed by atoms with Crippen molar-refractivity contribution < 1.29 is 19.5 Å². The van der Waals surface area contributed by atoms with E-state index in [9.17, 15) is 14.4 Å². The van der Waals surface area contributed by atoms with Gasteiger partial charge in [-0.05, 0) is 21.9 Å². The summed E-state index contributed by atoms with van der Waals surface area (Å²) in [5.74, 6) is -1.90. The van der Waals surface area contributed by atoms with E-state index in [-0.39, 0.29) is 35.5 Å². The molecule has 0 aliphatic carbocycles. The second kappa shape index (κ2) is 10.7. The summed E-state index contributed by atoms with van der Waals surface area (Å²) in [5.41, 5.74) is 1.85. The quantitative estimate of drug-likeness (QED) is 0.307. The van der Waals surface area contributed by atoms with Gasteiger partial charge in [-0.15, -0.1) is 0 Å². The molecular weight excluding hydrogens is 417 g/mol. The Kier molecular flexibility index (Phi) is 8.04. The van der Waals surface area contributed by atoms with Crippen molar-refractivity contribution in [2.45, 2.75) is 31.1 Å². The zero-order valence-electron chi connectivity index (χ0n) is 16.7. The first-order chi connectivity index (χ1) is 15.0. The molecule has 3 atom stereocenters. The zero-order valence-corrected chi connectivity index (χ0v) is 16.7. The molecule has 1 aliphatic heterocycles. The van der Waals surface area contributed by atoms with E-state index in [1.807, 2.05) is 72.8 Å². The van der Waals surface area contributed by atoms with Gasteiger partial charge in [0, 0.05) is 13.0 Å². The number of rotatable bonds is 8. The van der Waals surface area contributed by atoms with Crippen LogP contribution in [0.1, 0.15) is 11.1 Å². The number of fused-ring (bicyclic) bond motifs is 1. The second-order valence-electron chi connectivity index (χ2n) is 7.61. The van der Waals surface area contributed by atoms with Crippen LogP contribution in [0.2, 0.25) is 0 Å². The van der Waals surface area contributed by atoms with Crippen LogP contribution < -0.4 is 16.0 Å². The Labute approximate surface area is 207 Å². The van der Waals surface area contributed by atoms with Crippen LogP contribution in [-0.2, 0) is 27.3 Å². The van der Waals surface area contributed by atoms with Crippen molar-refractivity contribution in [3.63, 3.8) is 0 Å². The summed E-state index contributed by atoms with van der Waals surface area (Å²) in [6, 6.07) is 20.8. The molecule has 0 bridgehead atoms. The van der Waals surface area contributed by atoms with Gasteiger partial charge in [-0.3, -0.25) is 19.7 Å². The third-order valence-electron chi connectivity index (χ3n) is 5.33. The fourth-order valence-electron chi connectivity index (χ4n) is 3.56. The van der Waals surface area contributed by atoms with Crippen LogP contribution in [0.5, 0.6) is 0 Å². The van der Waals surface area contributed by atoms with Crippen molar-refractivity contribution in [1.29, 1.82) is 0 Å². The van der Waals surface area contributed by atoms with Crippen LogP contribution in [0.25, 0.3) is 10.8 Å². The second-order valence-corrected chi connectivity index (χ2v) is 7.61. The fourth-order valence-corrected chi connectivity index (χ4v) is 3.56. The van der Waals surface area contributed by atoms with E-state index in [1.54, 1.807) is 0 Å². The number of aliphatic carboxylic acids is 1. The van der Waals surface area contributed by atoms with E-state index >= 15 is 0 Å². The van der Waals surface area contributed by atoms with Gasteiger partial charge in [-0.25, -0.2) is 0 Å². The Balaban J connectivity index is 0.00000289. The van der Waals surface area contributed by atoms with Crippen LogP contribution in [0.4, 0.5) is 0 Å². The van der Waals surface area contributed by atoms with Gasteiger partial charge < -0.3 is 15.7 Å². The monoisotopic (exact) mass is 441 g/mol. The van der Waals surface area contributed by atoms with Gasteiger partial charge in [-0.1, -0.05) is 72.8 Å². The predicted molar refractivity (Wildman–Crippen MR) is 123 cm³/mol. The number of amides is 2. The molecule has 4 rings (SSSR count). The molecule has 1 saturated heterocycles.